The molecule has 7 rings (SSSR count). The fourth-order valence-electron chi connectivity index (χ4n) is 6.36. The Morgan fingerprint density at radius 3 is 2.57 bits per heavy atom. The molecular weight excluding hydrogens is 516 g/mol. The van der Waals surface area contributed by atoms with E-state index in [1.807, 2.05) is 31.3 Å². The second kappa shape index (κ2) is 11.6. The molecule has 42 heavy (non-hydrogen) atoms. The van der Waals surface area contributed by atoms with Gasteiger partial charge < -0.3 is 14.8 Å². The van der Waals surface area contributed by atoms with Gasteiger partial charge in [0.2, 0.25) is 0 Å². The first-order valence-electron chi connectivity index (χ1n) is 14.8. The second-order valence-electron chi connectivity index (χ2n) is 11.0. The van der Waals surface area contributed by atoms with E-state index in [1.165, 1.54) is 27.6 Å². The van der Waals surface area contributed by atoms with Crippen molar-refractivity contribution in [2.45, 2.75) is 31.9 Å². The van der Waals surface area contributed by atoms with Crippen molar-refractivity contribution < 1.29 is 9.47 Å². The van der Waals surface area contributed by atoms with Crippen LogP contribution in [0.4, 0.5) is 11.4 Å². The van der Waals surface area contributed by atoms with Gasteiger partial charge >= 0.3 is 0 Å². The van der Waals surface area contributed by atoms with E-state index in [0.29, 0.717) is 25.0 Å². The quantitative estimate of drug-likeness (QED) is 0.155. The smallest absolute Gasteiger partial charge is 0.161 e. The molecule has 0 saturated heterocycles. The number of rotatable bonds is 8. The molecule has 1 aliphatic heterocycles. The van der Waals surface area contributed by atoms with E-state index in [1.54, 1.807) is 0 Å². The van der Waals surface area contributed by atoms with Crippen molar-refractivity contribution in [3.63, 3.8) is 0 Å². The van der Waals surface area contributed by atoms with Gasteiger partial charge in [-0.1, -0.05) is 84.9 Å². The van der Waals surface area contributed by atoms with Gasteiger partial charge in [-0.3, -0.25) is 4.99 Å². The van der Waals surface area contributed by atoms with Crippen molar-refractivity contribution in [3.8, 4) is 11.5 Å². The molecule has 0 unspecified atom stereocenters. The average Bonchev–Trinajstić information content (AvgIpc) is 3.54. The maximum Gasteiger partial charge on any atom is 0.161 e. The standard InChI is InChI=1S/C38H34N2O2/c1-2-41-37-23-26(17-22-36(37)42-25-29-11-7-10-27-9-3-4-12-31(27)29)24-39-30-20-18-28(19-21-30)38-34-15-8-14-32(34)33-13-5-6-16-35(33)40-38/h3-14,16-24,32,34,38,40H,2,15,25H2,1H3/t32-,34-,38-/m0/s1. The monoisotopic (exact) mass is 550 g/mol. The first-order chi connectivity index (χ1) is 20.8. The Hall–Kier alpha value is -4.83. The van der Waals surface area contributed by atoms with Crippen LogP contribution in [0.2, 0.25) is 0 Å². The zero-order valence-electron chi connectivity index (χ0n) is 23.7. The Labute approximate surface area is 247 Å². The number of fused-ring (bicyclic) bond motifs is 4. The molecule has 0 bridgehead atoms. The highest BCUT2D eigenvalue weighted by molar-refractivity contribution is 5.85. The number of nitrogens with one attached hydrogen (secondary N) is 1. The van der Waals surface area contributed by atoms with Crippen LogP contribution in [-0.2, 0) is 6.61 Å². The van der Waals surface area contributed by atoms with Gasteiger partial charge in [0.1, 0.15) is 6.61 Å². The zero-order valence-corrected chi connectivity index (χ0v) is 23.7. The first kappa shape index (κ1) is 26.1. The Kier molecular flexibility index (Phi) is 7.19. The maximum absolute atomic E-state index is 6.24. The highest BCUT2D eigenvalue weighted by atomic mass is 16.5. The third-order valence-corrected chi connectivity index (χ3v) is 8.42. The number of aliphatic imine (C=N–C) groups is 1. The molecule has 1 N–H and O–H groups in total. The topological polar surface area (TPSA) is 42.8 Å². The zero-order chi connectivity index (χ0) is 28.3. The molecule has 208 valence electrons. The lowest BCUT2D eigenvalue weighted by atomic mass is 9.77. The van der Waals surface area contributed by atoms with E-state index >= 15 is 0 Å². The molecule has 2 aliphatic rings. The van der Waals surface area contributed by atoms with Crippen LogP contribution < -0.4 is 14.8 Å². The molecule has 3 atom stereocenters. The average molecular weight is 551 g/mol. The predicted octanol–water partition coefficient (Wildman–Crippen LogP) is 9.39. The Morgan fingerprint density at radius 1 is 0.833 bits per heavy atom. The summed E-state index contributed by atoms with van der Waals surface area (Å²) in [6, 6.07) is 38.3. The summed E-state index contributed by atoms with van der Waals surface area (Å²) in [4.78, 5) is 4.77. The van der Waals surface area contributed by atoms with Crippen LogP contribution in [0.25, 0.3) is 10.8 Å². The van der Waals surface area contributed by atoms with Crippen LogP contribution in [0.5, 0.6) is 11.5 Å². The number of ether oxygens (including phenoxy) is 2. The van der Waals surface area contributed by atoms with Crippen LogP contribution in [0.1, 0.15) is 47.6 Å². The van der Waals surface area contributed by atoms with Gasteiger partial charge in [0.15, 0.2) is 11.5 Å². The number of hydrogen-bond acceptors (Lipinski definition) is 4. The van der Waals surface area contributed by atoms with Gasteiger partial charge in [-0.2, -0.15) is 0 Å². The van der Waals surface area contributed by atoms with E-state index in [9.17, 15) is 0 Å². The molecule has 4 heteroatoms. The van der Waals surface area contributed by atoms with Crippen molar-refractivity contribution in [1.82, 2.24) is 0 Å². The summed E-state index contributed by atoms with van der Waals surface area (Å²) < 4.78 is 12.2. The van der Waals surface area contributed by atoms with Crippen molar-refractivity contribution in [2.24, 2.45) is 10.9 Å². The predicted molar refractivity (Wildman–Crippen MR) is 172 cm³/mol. The molecule has 5 aromatic carbocycles. The van der Waals surface area contributed by atoms with Gasteiger partial charge in [-0.25, -0.2) is 0 Å². The van der Waals surface area contributed by atoms with Crippen molar-refractivity contribution >= 4 is 28.4 Å². The van der Waals surface area contributed by atoms with Gasteiger partial charge in [-0.05, 0) is 88.7 Å². The van der Waals surface area contributed by atoms with E-state index in [4.69, 9.17) is 14.5 Å². The molecule has 0 amide bonds. The van der Waals surface area contributed by atoms with Gasteiger partial charge in [0, 0.05) is 17.8 Å². The Bertz CT molecular complexity index is 1770. The number of hydrogen-bond donors (Lipinski definition) is 1. The largest absolute Gasteiger partial charge is 0.490 e. The summed E-state index contributed by atoms with van der Waals surface area (Å²) in [5.74, 6) is 2.46. The van der Waals surface area contributed by atoms with Crippen LogP contribution in [-0.4, -0.2) is 12.8 Å². The van der Waals surface area contributed by atoms with Gasteiger partial charge in [0.05, 0.1) is 18.3 Å². The Balaban J connectivity index is 1.06. The van der Waals surface area contributed by atoms with E-state index in [0.717, 1.165) is 34.7 Å². The highest BCUT2D eigenvalue weighted by Crippen LogP contribution is 2.49. The minimum atomic E-state index is 0.285. The molecule has 5 aromatic rings. The molecule has 0 spiro atoms. The maximum atomic E-state index is 6.24. The number of allylic oxidation sites excluding steroid dienone is 2. The fourth-order valence-corrected chi connectivity index (χ4v) is 6.36. The molecule has 4 nitrogen and oxygen atoms in total. The number of benzene rings is 5. The first-order valence-corrected chi connectivity index (χ1v) is 14.8. The van der Waals surface area contributed by atoms with Crippen LogP contribution in [0, 0.1) is 5.92 Å². The summed E-state index contributed by atoms with van der Waals surface area (Å²) in [6.07, 6.45) is 7.70. The second-order valence-corrected chi connectivity index (χ2v) is 11.0. The van der Waals surface area contributed by atoms with Gasteiger partial charge in [-0.15, -0.1) is 0 Å². The third kappa shape index (κ3) is 5.16. The lowest BCUT2D eigenvalue weighted by Gasteiger charge is -2.37. The SMILES string of the molecule is CCOc1cc(C=Nc2ccc([C@@H]3Nc4ccccc4[C@@H]4C=CC[C@@H]43)cc2)ccc1OCc1cccc2ccccc12. The van der Waals surface area contributed by atoms with E-state index in [2.05, 4.69) is 108 Å². The lowest BCUT2D eigenvalue weighted by molar-refractivity contribution is 0.270. The minimum Gasteiger partial charge on any atom is -0.490 e. The highest BCUT2D eigenvalue weighted by Gasteiger charge is 2.37. The number of nitrogens with zero attached hydrogens (tertiary/aromatic N) is 1. The molecule has 0 fully saturated rings. The summed E-state index contributed by atoms with van der Waals surface area (Å²) in [6.45, 7) is 3.02. The lowest BCUT2D eigenvalue weighted by Crippen LogP contribution is -2.28. The van der Waals surface area contributed by atoms with Crippen molar-refractivity contribution in [2.75, 3.05) is 11.9 Å². The summed E-state index contributed by atoms with van der Waals surface area (Å²) >= 11 is 0. The summed E-state index contributed by atoms with van der Waals surface area (Å²) in [7, 11) is 0. The molecule has 0 aromatic heterocycles. The molecular formula is C38H34N2O2. The van der Waals surface area contributed by atoms with E-state index in [-0.39, 0.29) is 6.04 Å². The minimum absolute atomic E-state index is 0.285. The normalized spacial score (nSPS) is 18.9. The molecule has 1 aliphatic carbocycles. The van der Waals surface area contributed by atoms with Gasteiger partial charge in [0.25, 0.3) is 0 Å². The van der Waals surface area contributed by atoms with Crippen molar-refractivity contribution in [3.05, 3.63) is 144 Å². The number of anilines is 1. The number of para-hydroxylation sites is 1. The van der Waals surface area contributed by atoms with Crippen molar-refractivity contribution in [1.29, 1.82) is 0 Å². The van der Waals surface area contributed by atoms with E-state index < -0.39 is 0 Å². The fraction of sp³-hybridized carbons (Fsp3) is 0.184. The van der Waals surface area contributed by atoms with Crippen LogP contribution >= 0.6 is 0 Å². The van der Waals surface area contributed by atoms with Crippen LogP contribution in [0.15, 0.2) is 126 Å². The molecule has 0 saturated carbocycles. The molecule has 1 heterocycles. The summed E-state index contributed by atoms with van der Waals surface area (Å²) in [5.41, 5.74) is 6.98. The van der Waals surface area contributed by atoms with Crippen LogP contribution in [0.3, 0.4) is 0 Å². The Morgan fingerprint density at radius 2 is 1.67 bits per heavy atom. The molecule has 0 radical (unpaired) electrons. The third-order valence-electron chi connectivity index (χ3n) is 8.42. The summed E-state index contributed by atoms with van der Waals surface area (Å²) in [5, 5.41) is 6.23.